The first-order valence-corrected chi connectivity index (χ1v) is 11.0. The number of amides is 2. The number of hydrogen-bond acceptors (Lipinski definition) is 5. The Morgan fingerprint density at radius 2 is 1.78 bits per heavy atom. The number of nitrogens with zero attached hydrogens (tertiary/aromatic N) is 2. The van der Waals surface area contributed by atoms with Gasteiger partial charge in [0.05, 0.1) is 12.3 Å². The average Bonchev–Trinajstić information content (AvgIpc) is 3.35. The summed E-state index contributed by atoms with van der Waals surface area (Å²) in [5.74, 6) is 0.176. The van der Waals surface area contributed by atoms with Crippen molar-refractivity contribution in [2.75, 3.05) is 17.2 Å². The van der Waals surface area contributed by atoms with Crippen LogP contribution < -0.4 is 15.4 Å². The van der Waals surface area contributed by atoms with E-state index < -0.39 is 0 Å². The molecule has 0 bridgehead atoms. The number of anilines is 2. The van der Waals surface area contributed by atoms with Crippen molar-refractivity contribution in [3.63, 3.8) is 0 Å². The van der Waals surface area contributed by atoms with Crippen LogP contribution in [0.1, 0.15) is 23.0 Å². The molecule has 4 rings (SSSR count). The van der Waals surface area contributed by atoms with E-state index in [-0.39, 0.29) is 11.8 Å². The number of nitrogens with one attached hydrogen (secondary N) is 2. The van der Waals surface area contributed by atoms with Crippen LogP contribution in [0.25, 0.3) is 11.0 Å². The fourth-order valence-corrected chi connectivity index (χ4v) is 3.98. The van der Waals surface area contributed by atoms with Crippen LogP contribution in [0.4, 0.5) is 11.4 Å². The van der Waals surface area contributed by atoms with Crippen molar-refractivity contribution in [3.05, 3.63) is 82.6 Å². The van der Waals surface area contributed by atoms with Crippen LogP contribution in [0.15, 0.2) is 66.2 Å². The first-order valence-electron chi connectivity index (χ1n) is 9.78. The third-order valence-corrected chi connectivity index (χ3v) is 5.52. The summed E-state index contributed by atoms with van der Waals surface area (Å²) >= 11 is 7.59. The lowest BCUT2D eigenvalue weighted by molar-refractivity contribution is -0.111. The maximum atomic E-state index is 12.4. The second-order valence-electron chi connectivity index (χ2n) is 6.65. The number of ether oxygens (including phenoxy) is 1. The molecule has 2 N–H and O–H groups in total. The van der Waals surface area contributed by atoms with Gasteiger partial charge in [0.15, 0.2) is 10.1 Å². The Hall–Kier alpha value is -3.62. The lowest BCUT2D eigenvalue weighted by Gasteiger charge is -2.08. The Bertz CT molecular complexity index is 1280. The lowest BCUT2D eigenvalue weighted by atomic mass is 10.2. The molecular formula is C23H19ClN4O3S. The van der Waals surface area contributed by atoms with Crippen LogP contribution in [0.3, 0.4) is 0 Å². The van der Waals surface area contributed by atoms with Crippen LogP contribution in [0.2, 0.25) is 5.15 Å². The zero-order valence-electron chi connectivity index (χ0n) is 17.0. The van der Waals surface area contributed by atoms with Crippen molar-refractivity contribution in [1.82, 2.24) is 9.38 Å². The number of benzene rings is 2. The molecule has 0 radical (unpaired) electrons. The zero-order valence-corrected chi connectivity index (χ0v) is 18.6. The summed E-state index contributed by atoms with van der Waals surface area (Å²) in [6.45, 7) is 2.50. The number of thiazole rings is 1. The van der Waals surface area contributed by atoms with Gasteiger partial charge >= 0.3 is 0 Å². The standard InChI is InChI=1S/C23H19ClN4O3S/c1-2-31-18-9-7-17(8-10-18)26-22(30)15-3-5-16(6-4-15)25-20(29)12-11-19-21(24)27-23-28(19)13-14-32-23/h3-14H,2H2,1H3,(H,25,29)(H,26,30)/b12-11+. The Morgan fingerprint density at radius 3 is 2.50 bits per heavy atom. The molecule has 9 heteroatoms. The van der Waals surface area contributed by atoms with E-state index in [1.165, 1.54) is 17.4 Å². The SMILES string of the molecule is CCOc1ccc(NC(=O)c2ccc(NC(=O)/C=C/c3c(Cl)nc4sccn34)cc2)cc1. The second-order valence-corrected chi connectivity index (χ2v) is 7.89. The van der Waals surface area contributed by atoms with Crippen molar-refractivity contribution in [2.24, 2.45) is 0 Å². The molecule has 4 aromatic rings. The minimum absolute atomic E-state index is 0.248. The lowest BCUT2D eigenvalue weighted by Crippen LogP contribution is -2.12. The number of aromatic nitrogens is 2. The first-order chi connectivity index (χ1) is 15.5. The molecule has 162 valence electrons. The average molecular weight is 467 g/mol. The molecule has 2 heterocycles. The van der Waals surface area contributed by atoms with Gasteiger partial charge in [0.25, 0.3) is 5.91 Å². The molecule has 0 atom stereocenters. The van der Waals surface area contributed by atoms with Crippen LogP contribution in [-0.2, 0) is 4.79 Å². The molecule has 2 amide bonds. The monoisotopic (exact) mass is 466 g/mol. The number of hydrogen-bond donors (Lipinski definition) is 2. The molecule has 0 fully saturated rings. The van der Waals surface area contributed by atoms with Crippen LogP contribution >= 0.6 is 22.9 Å². The predicted molar refractivity (Wildman–Crippen MR) is 128 cm³/mol. The molecule has 0 spiro atoms. The maximum Gasteiger partial charge on any atom is 0.255 e. The third-order valence-electron chi connectivity index (χ3n) is 4.48. The van der Waals surface area contributed by atoms with Gasteiger partial charge < -0.3 is 15.4 Å². The van der Waals surface area contributed by atoms with E-state index in [1.807, 2.05) is 22.9 Å². The molecule has 0 saturated heterocycles. The molecule has 0 saturated carbocycles. The number of fused-ring (bicyclic) bond motifs is 1. The van der Waals surface area contributed by atoms with Crippen molar-refractivity contribution in [1.29, 1.82) is 0 Å². The number of carbonyl (C=O) groups is 2. The Kier molecular flexibility index (Phi) is 6.53. The summed E-state index contributed by atoms with van der Waals surface area (Å²) in [6.07, 6.45) is 4.84. The Balaban J connectivity index is 1.35. The zero-order chi connectivity index (χ0) is 22.5. The highest BCUT2D eigenvalue weighted by Gasteiger charge is 2.10. The Labute approximate surface area is 193 Å². The number of carbonyl (C=O) groups excluding carboxylic acids is 2. The molecule has 0 aliphatic carbocycles. The van der Waals surface area contributed by atoms with Crippen LogP contribution in [-0.4, -0.2) is 27.8 Å². The summed E-state index contributed by atoms with van der Waals surface area (Å²) in [7, 11) is 0. The largest absolute Gasteiger partial charge is 0.494 e. The van der Waals surface area contributed by atoms with Gasteiger partial charge in [-0.3, -0.25) is 14.0 Å². The molecule has 2 aromatic carbocycles. The molecule has 0 aliphatic rings. The number of imidazole rings is 1. The van der Waals surface area contributed by atoms with Gasteiger partial charge in [0.2, 0.25) is 5.91 Å². The normalized spacial score (nSPS) is 11.1. The predicted octanol–water partition coefficient (Wildman–Crippen LogP) is 5.35. The molecular weight excluding hydrogens is 448 g/mol. The van der Waals surface area contributed by atoms with E-state index in [9.17, 15) is 9.59 Å². The molecule has 32 heavy (non-hydrogen) atoms. The molecule has 7 nitrogen and oxygen atoms in total. The fourth-order valence-electron chi connectivity index (χ4n) is 2.97. The minimum atomic E-state index is -0.321. The van der Waals surface area contributed by atoms with Crippen LogP contribution in [0, 0.1) is 0 Å². The van der Waals surface area contributed by atoms with Gasteiger partial charge in [0.1, 0.15) is 5.75 Å². The minimum Gasteiger partial charge on any atom is -0.494 e. The smallest absolute Gasteiger partial charge is 0.255 e. The number of rotatable bonds is 7. The van der Waals surface area contributed by atoms with E-state index in [0.717, 1.165) is 10.7 Å². The highest BCUT2D eigenvalue weighted by atomic mass is 35.5. The van der Waals surface area contributed by atoms with E-state index in [2.05, 4.69) is 15.6 Å². The van der Waals surface area contributed by atoms with Crippen molar-refractivity contribution >= 4 is 57.2 Å². The summed E-state index contributed by atoms with van der Waals surface area (Å²) < 4.78 is 7.21. The van der Waals surface area contributed by atoms with Crippen LogP contribution in [0.5, 0.6) is 5.75 Å². The first kappa shape index (κ1) is 21.6. The topological polar surface area (TPSA) is 84.7 Å². The van der Waals surface area contributed by atoms with Gasteiger partial charge in [-0.25, -0.2) is 4.98 Å². The number of halogens is 1. The van der Waals surface area contributed by atoms with Crippen molar-refractivity contribution in [3.8, 4) is 5.75 Å². The van der Waals surface area contributed by atoms with Crippen molar-refractivity contribution in [2.45, 2.75) is 6.92 Å². The van der Waals surface area contributed by atoms with E-state index in [4.69, 9.17) is 16.3 Å². The van der Waals surface area contributed by atoms with Gasteiger partial charge in [0, 0.05) is 34.6 Å². The van der Waals surface area contributed by atoms with E-state index in [0.29, 0.717) is 34.4 Å². The van der Waals surface area contributed by atoms with Gasteiger partial charge in [-0.05, 0) is 61.5 Å². The molecule has 0 aliphatic heterocycles. The highest BCUT2D eigenvalue weighted by molar-refractivity contribution is 7.15. The summed E-state index contributed by atoms with van der Waals surface area (Å²) in [4.78, 5) is 29.7. The van der Waals surface area contributed by atoms with E-state index >= 15 is 0 Å². The third kappa shape index (κ3) is 4.99. The molecule has 2 aromatic heterocycles. The summed E-state index contributed by atoms with van der Waals surface area (Å²) in [5, 5.41) is 7.82. The maximum absolute atomic E-state index is 12.4. The highest BCUT2D eigenvalue weighted by Crippen LogP contribution is 2.22. The van der Waals surface area contributed by atoms with E-state index in [1.54, 1.807) is 54.6 Å². The van der Waals surface area contributed by atoms with Gasteiger partial charge in [-0.1, -0.05) is 11.6 Å². The summed E-state index contributed by atoms with van der Waals surface area (Å²) in [5.41, 5.74) is 2.34. The quantitative estimate of drug-likeness (QED) is 0.359. The fraction of sp³-hybridized carbons (Fsp3) is 0.0870. The van der Waals surface area contributed by atoms with Crippen molar-refractivity contribution < 1.29 is 14.3 Å². The molecule has 0 unspecified atom stereocenters. The Morgan fingerprint density at radius 1 is 1.09 bits per heavy atom. The van der Waals surface area contributed by atoms with Gasteiger partial charge in [-0.15, -0.1) is 11.3 Å². The summed E-state index contributed by atoms with van der Waals surface area (Å²) in [6, 6.07) is 13.8. The second kappa shape index (κ2) is 9.67. The van der Waals surface area contributed by atoms with Gasteiger partial charge in [-0.2, -0.15) is 0 Å².